The third kappa shape index (κ3) is 12.4. The Morgan fingerprint density at radius 2 is 1.53 bits per heavy atom. The van der Waals surface area contributed by atoms with E-state index in [1.54, 1.807) is 0 Å². The number of carboxylic acid groups (broad SMARTS) is 2. The van der Waals surface area contributed by atoms with E-state index in [4.69, 9.17) is 41.8 Å². The quantitative estimate of drug-likeness (QED) is 0.0176. The second-order valence-corrected chi connectivity index (χ2v) is 23.4. The van der Waals surface area contributed by atoms with Crippen LogP contribution in [0.4, 0.5) is 4.39 Å². The summed E-state index contributed by atoms with van der Waals surface area (Å²) in [5.41, 5.74) is -3.35. The van der Waals surface area contributed by atoms with Gasteiger partial charge in [-0.3, -0.25) is 28.9 Å². The van der Waals surface area contributed by atoms with Crippen molar-refractivity contribution >= 4 is 62.8 Å². The minimum absolute atomic E-state index is 0.0115. The Bertz CT molecular complexity index is 4110. The Kier molecular flexibility index (Phi) is 17.9. The molecule has 3 aromatic heterocycles. The van der Waals surface area contributed by atoms with Gasteiger partial charge in [-0.2, -0.15) is 0 Å². The van der Waals surface area contributed by atoms with E-state index in [1.165, 1.54) is 35.5 Å². The number of aliphatic hydroxyl groups is 7. The van der Waals surface area contributed by atoms with Crippen molar-refractivity contribution in [1.29, 1.82) is 0 Å². The van der Waals surface area contributed by atoms with E-state index >= 15 is 4.39 Å². The molecule has 8 heterocycles. The Hall–Kier alpha value is -8.99. The fraction of sp³-hybridized carbons (Fsp3) is 0.446. The number of aliphatic hydroxyl groups excluding tert-OH is 6. The van der Waals surface area contributed by atoms with Crippen LogP contribution < -0.4 is 24.0 Å². The lowest BCUT2D eigenvalue weighted by molar-refractivity contribution is -0.292. The van der Waals surface area contributed by atoms with Crippen molar-refractivity contribution in [3.05, 3.63) is 104 Å². The third-order valence-electron chi connectivity index (χ3n) is 16.4. The molecule has 2 saturated heterocycles. The highest BCUT2D eigenvalue weighted by Gasteiger charge is 2.51. The molecule has 496 valence electrons. The summed E-state index contributed by atoms with van der Waals surface area (Å²) in [4.78, 5) is 110. The molecule has 0 radical (unpaired) electrons. The summed E-state index contributed by atoms with van der Waals surface area (Å²) in [6, 6.07) is 3.75. The number of aryl methyl sites for hydroxylation is 1. The van der Waals surface area contributed by atoms with Gasteiger partial charge in [-0.15, -0.1) is 13.5 Å². The lowest BCUT2D eigenvalue weighted by Crippen LogP contribution is -2.61. The number of amides is 4. The molecule has 10 N–H and O–H groups in total. The molecule has 5 aliphatic heterocycles. The first-order valence-electron chi connectivity index (χ1n) is 28.4. The van der Waals surface area contributed by atoms with Gasteiger partial charge in [0.25, 0.3) is 23.3 Å². The fourth-order valence-corrected chi connectivity index (χ4v) is 12.3. The number of fused-ring (bicyclic) bond motifs is 5. The zero-order chi connectivity index (χ0) is 66.9. The van der Waals surface area contributed by atoms with Crippen molar-refractivity contribution in [3.63, 3.8) is 0 Å². The number of carboxylic acids is 2. The number of nitrogens with one attached hydrogen (secondary N) is 1. The Morgan fingerprint density at radius 3 is 2.20 bits per heavy atom. The Morgan fingerprint density at radius 1 is 0.849 bits per heavy atom. The first kappa shape index (κ1) is 65.5. The molecule has 93 heavy (non-hydrogen) atoms. The molecule has 0 spiro atoms. The van der Waals surface area contributed by atoms with Gasteiger partial charge in [0.2, 0.25) is 12.2 Å². The number of hydrogen-bond acceptors (Lipinski definition) is 28. The molecular weight excluding hydrogens is 1270 g/mol. The number of ether oxygens (including phenoxy) is 6. The van der Waals surface area contributed by atoms with Crippen molar-refractivity contribution < 1.29 is 129 Å². The number of carbonyl (C=O) groups is 7. The number of likely N-dealkylation sites (N-methyl/N-ethyl adjacent to an activating group) is 1. The number of nitrogens with zero attached hydrogens (tertiary/aromatic N) is 7. The van der Waals surface area contributed by atoms with Crippen molar-refractivity contribution in [2.75, 3.05) is 33.4 Å². The van der Waals surface area contributed by atoms with Crippen LogP contribution in [-0.2, 0) is 101 Å². The predicted octanol–water partition coefficient (Wildman–Crippen LogP) is -3.99. The summed E-state index contributed by atoms with van der Waals surface area (Å²) in [6.07, 6.45) is -18.4. The number of halogens is 1. The average Bonchev–Trinajstić information content (AvgIpc) is 1.61. The first-order chi connectivity index (χ1) is 44.1. The number of aliphatic carboxylic acids is 2. The smallest absolute Gasteiger partial charge is 0.479 e. The molecule has 2 fully saturated rings. The zero-order valence-corrected chi connectivity index (χ0v) is 49.4. The SMILES string of the molecule is CC[C@@]1(O)C(=O)OCc2c1cc1n(c2=O)Cc2c-1nc1cc(F)c(OS(=O)(=O)Oc3cc(C(=O)N(C)CCOCCn4cc(CN5C(=O)C=CC5=O)nn4)ccc3O[C@@H]3O[C@H](C(=O)O)[C@@H](O)[C@H](O)[C@H]3O)c3c1c2C(NC(=O)COC1O[C@H](C(=O)O)[C@@H](O)[C@H](O)[C@H]1O)CC3. The van der Waals surface area contributed by atoms with Crippen molar-refractivity contribution in [1.82, 2.24) is 39.7 Å². The van der Waals surface area contributed by atoms with Crippen molar-refractivity contribution in [3.8, 4) is 28.6 Å². The van der Waals surface area contributed by atoms with Crippen LogP contribution in [0.2, 0.25) is 0 Å². The number of pyridine rings is 2. The number of benzene rings is 2. The summed E-state index contributed by atoms with van der Waals surface area (Å²) in [7, 11) is -4.37. The molecule has 2 unspecified atom stereocenters. The van der Waals surface area contributed by atoms with Crippen LogP contribution in [0.5, 0.6) is 17.2 Å². The summed E-state index contributed by atoms with van der Waals surface area (Å²) in [5, 5.41) is 104. The van der Waals surface area contributed by atoms with Gasteiger partial charge in [0, 0.05) is 59.5 Å². The molecule has 11 rings (SSSR count). The van der Waals surface area contributed by atoms with Crippen LogP contribution in [0.3, 0.4) is 0 Å². The molecule has 37 heteroatoms. The normalized spacial score (nSPS) is 26.3. The number of carbonyl (C=O) groups excluding carboxylic acids is 5. The maximum atomic E-state index is 17.0. The molecule has 6 aliphatic rings. The van der Waals surface area contributed by atoms with Crippen LogP contribution in [-0.4, -0.2) is 225 Å². The molecular formula is C56H57FN8O27S. The molecule has 2 aromatic carbocycles. The van der Waals surface area contributed by atoms with Crippen LogP contribution >= 0.6 is 0 Å². The summed E-state index contributed by atoms with van der Waals surface area (Å²) < 4.78 is 91.6. The van der Waals surface area contributed by atoms with E-state index in [9.17, 15) is 92.7 Å². The maximum absolute atomic E-state index is 17.0. The van der Waals surface area contributed by atoms with Crippen LogP contribution in [0.15, 0.2) is 53.5 Å². The zero-order valence-electron chi connectivity index (χ0n) is 48.5. The highest BCUT2D eigenvalue weighted by Crippen LogP contribution is 2.48. The largest absolute Gasteiger partial charge is 0.501 e. The van der Waals surface area contributed by atoms with Crippen LogP contribution in [0, 0.1) is 5.82 Å². The van der Waals surface area contributed by atoms with Crippen LogP contribution in [0.1, 0.15) is 69.7 Å². The van der Waals surface area contributed by atoms with Crippen LogP contribution in [0.25, 0.3) is 22.3 Å². The molecule has 0 saturated carbocycles. The first-order valence-corrected chi connectivity index (χ1v) is 29.7. The summed E-state index contributed by atoms with van der Waals surface area (Å²) >= 11 is 0. The topological polar surface area (TPSA) is 494 Å². The monoisotopic (exact) mass is 1320 g/mol. The van der Waals surface area contributed by atoms with E-state index < -0.39 is 167 Å². The number of esters is 1. The number of rotatable bonds is 22. The van der Waals surface area contributed by atoms with Gasteiger partial charge in [-0.25, -0.2) is 28.4 Å². The minimum atomic E-state index is -5.71. The Balaban J connectivity index is 0.889. The van der Waals surface area contributed by atoms with Gasteiger partial charge in [0.05, 0.1) is 67.6 Å². The molecule has 35 nitrogen and oxygen atoms in total. The number of imide groups is 1. The minimum Gasteiger partial charge on any atom is -0.479 e. The highest BCUT2D eigenvalue weighted by atomic mass is 32.3. The van der Waals surface area contributed by atoms with Crippen molar-refractivity contribution in [2.24, 2.45) is 0 Å². The second kappa shape index (κ2) is 25.5. The van der Waals surface area contributed by atoms with Gasteiger partial charge < -0.3 is 97.5 Å². The van der Waals surface area contributed by atoms with Gasteiger partial charge in [0.1, 0.15) is 55.5 Å². The predicted molar refractivity (Wildman–Crippen MR) is 298 cm³/mol. The van der Waals surface area contributed by atoms with Gasteiger partial charge in [-0.1, -0.05) is 12.1 Å². The average molecular weight is 1330 g/mol. The Labute approximate surface area is 521 Å². The fourth-order valence-electron chi connectivity index (χ4n) is 11.5. The third-order valence-corrected chi connectivity index (χ3v) is 17.2. The van der Waals surface area contributed by atoms with Crippen molar-refractivity contribution in [2.45, 2.75) is 125 Å². The highest BCUT2D eigenvalue weighted by molar-refractivity contribution is 7.82. The van der Waals surface area contributed by atoms with E-state index in [-0.39, 0.29) is 114 Å². The summed E-state index contributed by atoms with van der Waals surface area (Å²) in [6.45, 7) is -0.489. The van der Waals surface area contributed by atoms with E-state index in [1.807, 2.05) is 0 Å². The molecule has 0 bridgehead atoms. The molecule has 5 aromatic rings. The lowest BCUT2D eigenvalue weighted by atomic mass is 9.82. The number of cyclic esters (lactones) is 1. The number of aromatic nitrogens is 5. The number of hydrogen-bond donors (Lipinski definition) is 10. The van der Waals surface area contributed by atoms with E-state index in [0.717, 1.165) is 46.2 Å². The van der Waals surface area contributed by atoms with E-state index in [2.05, 4.69) is 15.6 Å². The van der Waals surface area contributed by atoms with Gasteiger partial charge in [-0.05, 0) is 49.1 Å². The maximum Gasteiger partial charge on any atom is 0.501 e. The molecule has 12 atom stereocenters. The van der Waals surface area contributed by atoms with Gasteiger partial charge >= 0.3 is 28.3 Å². The lowest BCUT2D eigenvalue weighted by Gasteiger charge is -2.38. The molecule has 1 aliphatic carbocycles. The van der Waals surface area contributed by atoms with E-state index in [0.29, 0.717) is 5.69 Å². The molecule has 4 amide bonds. The summed E-state index contributed by atoms with van der Waals surface area (Å²) in [5.74, 6) is -11.5. The second-order valence-electron chi connectivity index (χ2n) is 22.2. The van der Waals surface area contributed by atoms with Gasteiger partial charge in [0.15, 0.2) is 47.2 Å². The standard InChI is InChI=1S/C56H57FN8O27S/c1-3-56(82)27-15-31-39-25(19-64(31)50(76)26(27)20-87-55(56)81)38-29(58-34(66)21-86-53-44(73)40(69)42(71)47(89-53)51(77)78)6-5-24-37(38)30(59-39)16-28(57)46(24)92-93(83,84)91-33-14-22(4-7-32(33)88-54-45(74)41(70)43(72)48(90-54)52(79)80)49(75)62(2)10-12-85-13-11-63-17-23(60-61-63)18-65-35(67)8-9-36(65)68/h4,7-9,14-17,29,40-45,47-48,53-54,69-74,82H,3,5-6,10-13,18-21H2,1-2H3,(H,58,66)(H,77,78)(H,79,80)/t29?,40-,41-,42-,43-,44+,45+,47-,48-,53?,54+,56-/m0/s1.